The van der Waals surface area contributed by atoms with Gasteiger partial charge in [0.05, 0.1) is 18.8 Å². The maximum atomic E-state index is 13.6. The lowest BCUT2D eigenvalue weighted by molar-refractivity contribution is -0.0270. The molecule has 0 spiro atoms. The minimum absolute atomic E-state index is 0.0206. The number of nitrogens with zero attached hydrogens (tertiary/aromatic N) is 3. The number of rotatable bonds is 2. The predicted octanol–water partition coefficient (Wildman–Crippen LogP) is 1.63. The van der Waals surface area contributed by atoms with Gasteiger partial charge in [0, 0.05) is 0 Å². The van der Waals surface area contributed by atoms with E-state index in [2.05, 4.69) is 9.97 Å². The molecule has 0 bridgehead atoms. The lowest BCUT2D eigenvalue weighted by atomic mass is 10.1. The molecule has 1 saturated heterocycles. The molecule has 1 fully saturated rings. The van der Waals surface area contributed by atoms with Gasteiger partial charge in [-0.05, 0) is 6.42 Å². The Morgan fingerprint density at radius 1 is 1.40 bits per heavy atom. The summed E-state index contributed by atoms with van der Waals surface area (Å²) in [5.74, 6) is -3.33. The summed E-state index contributed by atoms with van der Waals surface area (Å²) < 4.78 is 38.7. The van der Waals surface area contributed by atoms with Gasteiger partial charge in [-0.2, -0.15) is 0 Å². The van der Waals surface area contributed by atoms with Gasteiger partial charge in [-0.25, -0.2) is 23.1 Å². The summed E-state index contributed by atoms with van der Waals surface area (Å²) in [7, 11) is 0. The fraction of sp³-hybridized carbons (Fsp3) is 0.556. The molecule has 2 heterocycles. The maximum absolute atomic E-state index is 13.6. The standard InChI is InChI=1S/C9H10F3N3/c1-2-6-7(10)8(14-5-13-6)15-3-9(11,12)4-15/h5H,2-4H2,1H3. The summed E-state index contributed by atoms with van der Waals surface area (Å²) in [5, 5.41) is 0. The molecule has 6 heteroatoms. The van der Waals surface area contributed by atoms with Gasteiger partial charge >= 0.3 is 0 Å². The van der Waals surface area contributed by atoms with Gasteiger partial charge in [0.1, 0.15) is 6.33 Å². The van der Waals surface area contributed by atoms with Crippen LogP contribution in [0.1, 0.15) is 12.6 Å². The molecule has 0 amide bonds. The minimum Gasteiger partial charge on any atom is -0.342 e. The number of aromatic nitrogens is 2. The largest absolute Gasteiger partial charge is 0.342 e. The Morgan fingerprint density at radius 2 is 2.07 bits per heavy atom. The van der Waals surface area contributed by atoms with Crippen LogP contribution in [-0.2, 0) is 6.42 Å². The zero-order valence-electron chi connectivity index (χ0n) is 8.17. The fourth-order valence-corrected chi connectivity index (χ4v) is 1.52. The van der Waals surface area contributed by atoms with Crippen molar-refractivity contribution in [3.8, 4) is 0 Å². The van der Waals surface area contributed by atoms with E-state index in [0.717, 1.165) is 0 Å². The van der Waals surface area contributed by atoms with Crippen molar-refractivity contribution in [3.63, 3.8) is 0 Å². The van der Waals surface area contributed by atoms with E-state index in [4.69, 9.17) is 0 Å². The van der Waals surface area contributed by atoms with Crippen molar-refractivity contribution in [1.29, 1.82) is 0 Å². The van der Waals surface area contributed by atoms with Crippen LogP contribution < -0.4 is 4.90 Å². The number of halogens is 3. The minimum atomic E-state index is -2.72. The van der Waals surface area contributed by atoms with Crippen LogP contribution in [0.4, 0.5) is 19.0 Å². The molecule has 0 aromatic carbocycles. The molecule has 15 heavy (non-hydrogen) atoms. The van der Waals surface area contributed by atoms with Gasteiger partial charge in [-0.3, -0.25) is 0 Å². The molecular weight excluding hydrogens is 207 g/mol. The summed E-state index contributed by atoms with van der Waals surface area (Å²) in [4.78, 5) is 8.63. The van der Waals surface area contributed by atoms with E-state index < -0.39 is 24.8 Å². The second-order valence-corrected chi connectivity index (χ2v) is 3.52. The molecule has 3 nitrogen and oxygen atoms in total. The van der Waals surface area contributed by atoms with Crippen LogP contribution in [-0.4, -0.2) is 29.0 Å². The van der Waals surface area contributed by atoms with Gasteiger partial charge in [-0.15, -0.1) is 0 Å². The van der Waals surface area contributed by atoms with Crippen LogP contribution in [0.2, 0.25) is 0 Å². The second-order valence-electron chi connectivity index (χ2n) is 3.52. The third-order valence-corrected chi connectivity index (χ3v) is 2.32. The van der Waals surface area contributed by atoms with E-state index >= 15 is 0 Å². The molecule has 1 aliphatic rings. The maximum Gasteiger partial charge on any atom is 0.282 e. The van der Waals surface area contributed by atoms with E-state index in [-0.39, 0.29) is 11.5 Å². The Bertz CT molecular complexity index is 373. The van der Waals surface area contributed by atoms with E-state index in [1.807, 2.05) is 0 Å². The molecule has 0 atom stereocenters. The van der Waals surface area contributed by atoms with Gasteiger partial charge < -0.3 is 4.90 Å². The van der Waals surface area contributed by atoms with Gasteiger partial charge in [-0.1, -0.05) is 6.92 Å². The highest BCUT2D eigenvalue weighted by Gasteiger charge is 2.45. The molecule has 0 saturated carbocycles. The summed E-state index contributed by atoms with van der Waals surface area (Å²) in [5.41, 5.74) is 0.259. The van der Waals surface area contributed by atoms with E-state index in [1.165, 1.54) is 11.2 Å². The molecule has 1 aromatic rings. The molecular formula is C9H10F3N3. The lowest BCUT2D eigenvalue weighted by Gasteiger charge is -2.39. The number of aryl methyl sites for hydroxylation is 1. The molecule has 2 rings (SSSR count). The van der Waals surface area contributed by atoms with Crippen molar-refractivity contribution in [2.75, 3.05) is 18.0 Å². The van der Waals surface area contributed by atoms with Crippen molar-refractivity contribution in [2.24, 2.45) is 0 Å². The summed E-state index contributed by atoms with van der Waals surface area (Å²) in [6.07, 6.45) is 1.62. The Kier molecular flexibility index (Phi) is 2.28. The highest BCUT2D eigenvalue weighted by Crippen LogP contribution is 2.32. The van der Waals surface area contributed by atoms with E-state index in [9.17, 15) is 13.2 Å². The first kappa shape index (κ1) is 10.2. The average Bonchev–Trinajstić information content (AvgIpc) is 2.14. The normalized spacial score (nSPS) is 18.8. The summed E-state index contributed by atoms with van der Waals surface area (Å²) in [6.45, 7) is 0.814. The number of hydrogen-bond acceptors (Lipinski definition) is 3. The molecule has 0 unspecified atom stereocenters. The highest BCUT2D eigenvalue weighted by molar-refractivity contribution is 5.45. The molecule has 0 N–H and O–H groups in total. The van der Waals surface area contributed by atoms with Crippen LogP contribution in [0, 0.1) is 5.82 Å². The first-order valence-corrected chi connectivity index (χ1v) is 4.65. The van der Waals surface area contributed by atoms with Crippen molar-refractivity contribution in [2.45, 2.75) is 19.3 Å². The van der Waals surface area contributed by atoms with Gasteiger partial charge in [0.15, 0.2) is 11.6 Å². The smallest absolute Gasteiger partial charge is 0.282 e. The average molecular weight is 217 g/mol. The number of hydrogen-bond donors (Lipinski definition) is 0. The molecule has 1 aromatic heterocycles. The lowest BCUT2D eigenvalue weighted by Crippen LogP contribution is -2.57. The van der Waals surface area contributed by atoms with Crippen molar-refractivity contribution >= 4 is 5.82 Å². The Hall–Kier alpha value is -1.33. The van der Waals surface area contributed by atoms with Crippen molar-refractivity contribution in [3.05, 3.63) is 17.8 Å². The fourth-order valence-electron chi connectivity index (χ4n) is 1.52. The van der Waals surface area contributed by atoms with Gasteiger partial charge in [0.25, 0.3) is 5.92 Å². The molecule has 0 aliphatic carbocycles. The molecule has 82 valence electrons. The highest BCUT2D eigenvalue weighted by atomic mass is 19.3. The van der Waals surface area contributed by atoms with Crippen LogP contribution in [0.5, 0.6) is 0 Å². The van der Waals surface area contributed by atoms with Crippen LogP contribution >= 0.6 is 0 Å². The van der Waals surface area contributed by atoms with E-state index in [0.29, 0.717) is 6.42 Å². The van der Waals surface area contributed by atoms with Crippen molar-refractivity contribution in [1.82, 2.24) is 9.97 Å². The van der Waals surface area contributed by atoms with Gasteiger partial charge in [0.2, 0.25) is 0 Å². The predicted molar refractivity (Wildman–Crippen MR) is 48.5 cm³/mol. The first-order chi connectivity index (χ1) is 7.03. The van der Waals surface area contributed by atoms with E-state index in [1.54, 1.807) is 6.92 Å². The first-order valence-electron chi connectivity index (χ1n) is 4.65. The monoisotopic (exact) mass is 217 g/mol. The van der Waals surface area contributed by atoms with Crippen LogP contribution in [0.15, 0.2) is 6.33 Å². The Labute approximate surface area is 84.9 Å². The van der Waals surface area contributed by atoms with Crippen LogP contribution in [0.25, 0.3) is 0 Å². The third kappa shape index (κ3) is 1.75. The Balaban J connectivity index is 2.23. The SMILES string of the molecule is CCc1ncnc(N2CC(F)(F)C2)c1F. The quantitative estimate of drug-likeness (QED) is 0.754. The third-order valence-electron chi connectivity index (χ3n) is 2.32. The Morgan fingerprint density at radius 3 is 2.60 bits per heavy atom. The number of alkyl halides is 2. The molecule has 0 radical (unpaired) electrons. The summed E-state index contributed by atoms with van der Waals surface area (Å²) >= 11 is 0. The topological polar surface area (TPSA) is 29.0 Å². The summed E-state index contributed by atoms with van der Waals surface area (Å²) in [6, 6.07) is 0. The second kappa shape index (κ2) is 3.36. The zero-order chi connectivity index (χ0) is 11.1. The number of anilines is 1. The molecule has 1 aliphatic heterocycles. The zero-order valence-corrected chi connectivity index (χ0v) is 8.17. The van der Waals surface area contributed by atoms with Crippen molar-refractivity contribution < 1.29 is 13.2 Å². The van der Waals surface area contributed by atoms with Crippen LogP contribution in [0.3, 0.4) is 0 Å².